The van der Waals surface area contributed by atoms with E-state index in [1.165, 1.54) is 23.7 Å². The average Bonchev–Trinajstić information content (AvgIpc) is 3.45. The second-order valence-electron chi connectivity index (χ2n) is 9.77. The molecule has 10 heteroatoms. The van der Waals surface area contributed by atoms with Gasteiger partial charge in [-0.2, -0.15) is 5.10 Å². The molecule has 0 aliphatic heterocycles. The van der Waals surface area contributed by atoms with Gasteiger partial charge in [0.2, 0.25) is 0 Å². The number of nitrogens with one attached hydrogen (secondary N) is 2. The molecule has 0 spiro atoms. The number of carbonyl (C=O) groups is 1. The van der Waals surface area contributed by atoms with Gasteiger partial charge in [0.25, 0.3) is 0 Å². The smallest absolute Gasteiger partial charge is 0.324 e. The van der Waals surface area contributed by atoms with Crippen molar-refractivity contribution in [2.24, 2.45) is 0 Å². The van der Waals surface area contributed by atoms with Gasteiger partial charge in [-0.3, -0.25) is 5.32 Å². The largest absolute Gasteiger partial charge is 0.383 e. The second-order valence-corrected chi connectivity index (χ2v) is 10.6. The molecular formula is C27H26FN7OS. The molecule has 0 fully saturated rings. The Kier molecular flexibility index (Phi) is 6.12. The molecule has 0 atom stereocenters. The van der Waals surface area contributed by atoms with Gasteiger partial charge in [0.05, 0.1) is 16.8 Å². The Morgan fingerprint density at radius 3 is 2.49 bits per heavy atom. The van der Waals surface area contributed by atoms with Crippen molar-refractivity contribution in [1.82, 2.24) is 19.7 Å². The zero-order valence-corrected chi connectivity index (χ0v) is 21.7. The number of hydrogen-bond acceptors (Lipinski definition) is 6. The first-order valence-electron chi connectivity index (χ1n) is 11.6. The summed E-state index contributed by atoms with van der Waals surface area (Å²) in [6.45, 7) is 8.17. The van der Waals surface area contributed by atoms with Crippen LogP contribution in [0.4, 0.5) is 26.5 Å². The van der Waals surface area contributed by atoms with E-state index in [0.717, 1.165) is 16.9 Å². The lowest BCUT2D eigenvalue weighted by molar-refractivity contribution is 0.262. The van der Waals surface area contributed by atoms with E-state index in [9.17, 15) is 4.79 Å². The van der Waals surface area contributed by atoms with Crippen molar-refractivity contribution in [2.45, 2.75) is 33.1 Å². The number of benzene rings is 2. The zero-order chi connectivity index (χ0) is 26.3. The minimum absolute atomic E-state index is 0.220. The van der Waals surface area contributed by atoms with Crippen LogP contribution in [0.15, 0.2) is 60.2 Å². The quantitative estimate of drug-likeness (QED) is 0.252. The molecule has 0 radical (unpaired) electrons. The topological polar surface area (TPSA) is 111 Å². The summed E-state index contributed by atoms with van der Waals surface area (Å²) in [7, 11) is 0. The second kappa shape index (κ2) is 9.29. The average molecular weight is 516 g/mol. The number of rotatable bonds is 4. The lowest BCUT2D eigenvalue weighted by Crippen LogP contribution is -2.21. The molecule has 0 bridgehead atoms. The number of nitrogens with two attached hydrogens (primary N) is 1. The van der Waals surface area contributed by atoms with Gasteiger partial charge in [-0.25, -0.2) is 23.8 Å². The molecule has 0 saturated carbocycles. The Morgan fingerprint density at radius 1 is 1.03 bits per heavy atom. The molecule has 3 aromatic heterocycles. The number of nitrogen functional groups attached to an aromatic ring is 1. The summed E-state index contributed by atoms with van der Waals surface area (Å²) >= 11 is 1.37. The lowest BCUT2D eigenvalue weighted by atomic mass is 9.92. The molecule has 8 nitrogen and oxygen atoms in total. The van der Waals surface area contributed by atoms with E-state index in [1.807, 2.05) is 37.3 Å². The molecule has 0 aliphatic rings. The highest BCUT2D eigenvalue weighted by molar-refractivity contribution is 7.17. The third-order valence-corrected chi connectivity index (χ3v) is 6.80. The van der Waals surface area contributed by atoms with Crippen molar-refractivity contribution in [3.05, 3.63) is 77.3 Å². The number of nitrogens with zero attached hydrogens (tertiary/aromatic N) is 4. The summed E-state index contributed by atoms with van der Waals surface area (Å²) in [4.78, 5) is 21.8. The van der Waals surface area contributed by atoms with Crippen LogP contribution in [0.2, 0.25) is 0 Å². The minimum Gasteiger partial charge on any atom is -0.383 e. The summed E-state index contributed by atoms with van der Waals surface area (Å²) in [6.07, 6.45) is 1.38. The molecule has 37 heavy (non-hydrogen) atoms. The Morgan fingerprint density at radius 2 is 1.78 bits per heavy atom. The first kappa shape index (κ1) is 24.4. The Hall–Kier alpha value is -4.31. The first-order valence-corrected chi connectivity index (χ1v) is 12.5. The fourth-order valence-corrected chi connectivity index (χ4v) is 4.82. The van der Waals surface area contributed by atoms with Crippen LogP contribution in [0, 0.1) is 12.7 Å². The summed E-state index contributed by atoms with van der Waals surface area (Å²) < 4.78 is 16.8. The van der Waals surface area contributed by atoms with Crippen molar-refractivity contribution >= 4 is 44.9 Å². The molecule has 4 N–H and O–H groups in total. The maximum Gasteiger partial charge on any atom is 0.324 e. The highest BCUT2D eigenvalue weighted by Crippen LogP contribution is 2.37. The number of fused-ring (bicyclic) bond motifs is 1. The van der Waals surface area contributed by atoms with Gasteiger partial charge in [0.15, 0.2) is 0 Å². The van der Waals surface area contributed by atoms with Crippen LogP contribution in [0.1, 0.15) is 32.0 Å². The van der Waals surface area contributed by atoms with E-state index >= 15 is 4.39 Å². The molecule has 2 aromatic carbocycles. The zero-order valence-electron chi connectivity index (χ0n) is 20.8. The number of amides is 2. The van der Waals surface area contributed by atoms with E-state index in [0.29, 0.717) is 38.7 Å². The predicted octanol–water partition coefficient (Wildman–Crippen LogP) is 6.52. The van der Waals surface area contributed by atoms with E-state index < -0.39 is 11.8 Å². The van der Waals surface area contributed by atoms with Gasteiger partial charge < -0.3 is 11.1 Å². The van der Waals surface area contributed by atoms with Crippen LogP contribution >= 0.6 is 11.3 Å². The number of anilines is 3. The molecule has 2 amide bonds. The summed E-state index contributed by atoms with van der Waals surface area (Å²) in [5.41, 5.74) is 9.82. The monoisotopic (exact) mass is 515 g/mol. The fraction of sp³-hybridized carbons (Fsp3) is 0.185. The number of thiophene rings is 1. The molecule has 0 unspecified atom stereocenters. The van der Waals surface area contributed by atoms with Crippen LogP contribution in [0.25, 0.3) is 27.0 Å². The van der Waals surface area contributed by atoms with E-state index in [2.05, 4.69) is 41.4 Å². The number of halogens is 1. The lowest BCUT2D eigenvalue weighted by Gasteiger charge is -2.14. The van der Waals surface area contributed by atoms with Gasteiger partial charge in [-0.05, 0) is 37.3 Å². The standard InChI is InChI=1S/C27H26FN7OS/c1-15-5-8-17(9-6-15)35-22(12-21(34-35)27(2,3)4)33-26(36)32-16-7-10-18(20(28)11-16)19-13-37-25-23(19)24(29)30-14-31-25/h5-14H,1-4H3,(H2,29,30,31)(H2,32,33,36). The van der Waals surface area contributed by atoms with Gasteiger partial charge in [0, 0.05) is 33.7 Å². The van der Waals surface area contributed by atoms with Crippen molar-refractivity contribution in [3.63, 3.8) is 0 Å². The highest BCUT2D eigenvalue weighted by atomic mass is 32.1. The Bertz CT molecular complexity index is 1620. The van der Waals surface area contributed by atoms with Gasteiger partial charge >= 0.3 is 6.03 Å². The van der Waals surface area contributed by atoms with Crippen LogP contribution in [0.5, 0.6) is 0 Å². The number of aromatic nitrogens is 4. The maximum atomic E-state index is 15.1. The normalized spacial score (nSPS) is 11.6. The number of urea groups is 1. The van der Waals surface area contributed by atoms with Crippen molar-refractivity contribution in [1.29, 1.82) is 0 Å². The number of aryl methyl sites for hydroxylation is 1. The number of carbonyl (C=O) groups excluding carboxylic acids is 1. The summed E-state index contributed by atoms with van der Waals surface area (Å²) in [5.74, 6) is 0.297. The Balaban J connectivity index is 1.39. The molecule has 5 rings (SSSR count). The number of hydrogen-bond donors (Lipinski definition) is 3. The minimum atomic E-state index is -0.514. The van der Waals surface area contributed by atoms with Gasteiger partial charge in [0.1, 0.15) is 28.6 Å². The first-order chi connectivity index (χ1) is 17.6. The molecule has 0 saturated heterocycles. The van der Waals surface area contributed by atoms with Crippen LogP contribution in [0.3, 0.4) is 0 Å². The maximum absolute atomic E-state index is 15.1. The SMILES string of the molecule is Cc1ccc(-n2nc(C(C)(C)C)cc2NC(=O)Nc2ccc(-c3csc4ncnc(N)c34)c(F)c2)cc1. The highest BCUT2D eigenvalue weighted by Gasteiger charge is 2.22. The van der Waals surface area contributed by atoms with Crippen molar-refractivity contribution in [2.75, 3.05) is 16.4 Å². The summed E-state index contributed by atoms with van der Waals surface area (Å²) in [6, 6.07) is 13.7. The molecular weight excluding hydrogens is 489 g/mol. The van der Waals surface area contributed by atoms with Gasteiger partial charge in [-0.1, -0.05) is 38.5 Å². The third kappa shape index (κ3) is 4.88. The summed E-state index contributed by atoms with van der Waals surface area (Å²) in [5, 5.41) is 12.7. The molecule has 188 valence electrons. The molecule has 0 aliphatic carbocycles. The molecule has 5 aromatic rings. The van der Waals surface area contributed by atoms with Crippen molar-refractivity contribution < 1.29 is 9.18 Å². The van der Waals surface area contributed by atoms with E-state index in [4.69, 9.17) is 10.8 Å². The third-order valence-electron chi connectivity index (χ3n) is 5.91. The fourth-order valence-electron chi connectivity index (χ4n) is 3.91. The van der Waals surface area contributed by atoms with Gasteiger partial charge in [-0.15, -0.1) is 11.3 Å². The van der Waals surface area contributed by atoms with E-state index in [-0.39, 0.29) is 5.41 Å². The Labute approximate surface area is 217 Å². The van der Waals surface area contributed by atoms with E-state index in [1.54, 1.807) is 22.2 Å². The predicted molar refractivity (Wildman–Crippen MR) is 147 cm³/mol. The van der Waals surface area contributed by atoms with Crippen LogP contribution < -0.4 is 16.4 Å². The molecule has 3 heterocycles. The van der Waals surface area contributed by atoms with Crippen molar-refractivity contribution in [3.8, 4) is 16.8 Å². The van der Waals surface area contributed by atoms with Crippen LogP contribution in [-0.2, 0) is 5.41 Å². The van der Waals surface area contributed by atoms with Crippen LogP contribution in [-0.4, -0.2) is 25.8 Å².